The summed E-state index contributed by atoms with van der Waals surface area (Å²) in [6.45, 7) is 1.96. The maximum atomic E-state index is 11.5. The van der Waals surface area contributed by atoms with Crippen molar-refractivity contribution in [3.05, 3.63) is 16.1 Å². The highest BCUT2D eigenvalue weighted by Crippen LogP contribution is 2.40. The molecule has 1 aliphatic rings. The molecule has 1 heterocycles. The van der Waals surface area contributed by atoms with E-state index in [1.165, 1.54) is 6.42 Å². The molecule has 0 radical (unpaired) electrons. The maximum absolute atomic E-state index is 11.5. The molecule has 0 unspecified atom stereocenters. The highest BCUT2D eigenvalue weighted by molar-refractivity contribution is 7.11. The number of aromatic nitrogens is 1. The number of carboxylic acid groups (broad SMARTS) is 1. The van der Waals surface area contributed by atoms with Crippen LogP contribution in [-0.2, 0) is 11.2 Å². The number of rotatable bonds is 3. The molecular formula is C12H17NO2S. The van der Waals surface area contributed by atoms with Crippen LogP contribution in [0.2, 0.25) is 0 Å². The van der Waals surface area contributed by atoms with Gasteiger partial charge in [-0.25, -0.2) is 4.98 Å². The fourth-order valence-corrected chi connectivity index (χ4v) is 3.45. The first-order valence-corrected chi connectivity index (χ1v) is 6.59. The van der Waals surface area contributed by atoms with Crippen LogP contribution in [0.5, 0.6) is 0 Å². The van der Waals surface area contributed by atoms with Crippen LogP contribution in [0.25, 0.3) is 0 Å². The van der Waals surface area contributed by atoms with Crippen molar-refractivity contribution in [2.75, 3.05) is 0 Å². The highest BCUT2D eigenvalue weighted by atomic mass is 32.1. The number of hydrogen-bond acceptors (Lipinski definition) is 3. The van der Waals surface area contributed by atoms with Gasteiger partial charge in [0.25, 0.3) is 0 Å². The molecule has 1 aromatic rings. The van der Waals surface area contributed by atoms with Crippen LogP contribution in [0.4, 0.5) is 0 Å². The van der Waals surface area contributed by atoms with Crippen molar-refractivity contribution in [1.82, 2.24) is 4.98 Å². The second-order valence-electron chi connectivity index (χ2n) is 4.67. The van der Waals surface area contributed by atoms with Crippen molar-refractivity contribution in [1.29, 1.82) is 0 Å². The Hall–Kier alpha value is -0.900. The van der Waals surface area contributed by atoms with E-state index in [4.69, 9.17) is 0 Å². The van der Waals surface area contributed by atoms with Gasteiger partial charge in [-0.15, -0.1) is 11.3 Å². The van der Waals surface area contributed by atoms with Gasteiger partial charge in [-0.3, -0.25) is 4.79 Å². The van der Waals surface area contributed by atoms with E-state index in [-0.39, 0.29) is 0 Å². The predicted octanol–water partition coefficient (Wildman–Crippen LogP) is 3.03. The second-order valence-corrected chi connectivity index (χ2v) is 5.99. The molecule has 4 heteroatoms. The summed E-state index contributed by atoms with van der Waals surface area (Å²) in [5.74, 6) is -0.627. The SMILES string of the molecule is Cc1ncc(CC2(C(=O)O)CCCCC2)s1. The third kappa shape index (κ3) is 2.26. The van der Waals surface area contributed by atoms with Crippen LogP contribution in [0.15, 0.2) is 6.20 Å². The maximum Gasteiger partial charge on any atom is 0.309 e. The molecule has 1 fully saturated rings. The lowest BCUT2D eigenvalue weighted by Crippen LogP contribution is -2.35. The summed E-state index contributed by atoms with van der Waals surface area (Å²) in [6.07, 6.45) is 7.40. The fraction of sp³-hybridized carbons (Fsp3) is 0.667. The number of carbonyl (C=O) groups is 1. The highest BCUT2D eigenvalue weighted by Gasteiger charge is 2.39. The minimum Gasteiger partial charge on any atom is -0.481 e. The molecule has 88 valence electrons. The van der Waals surface area contributed by atoms with E-state index in [1.54, 1.807) is 11.3 Å². The minimum absolute atomic E-state index is 0.517. The van der Waals surface area contributed by atoms with E-state index in [0.717, 1.165) is 35.6 Å². The quantitative estimate of drug-likeness (QED) is 0.882. The lowest BCUT2D eigenvalue weighted by atomic mass is 9.71. The molecule has 16 heavy (non-hydrogen) atoms. The van der Waals surface area contributed by atoms with E-state index in [9.17, 15) is 9.90 Å². The number of aryl methyl sites for hydroxylation is 1. The summed E-state index contributed by atoms with van der Waals surface area (Å²) in [7, 11) is 0. The van der Waals surface area contributed by atoms with Crippen LogP contribution in [-0.4, -0.2) is 16.1 Å². The first kappa shape index (κ1) is 11.6. The summed E-state index contributed by atoms with van der Waals surface area (Å²) < 4.78 is 0. The van der Waals surface area contributed by atoms with Crippen LogP contribution < -0.4 is 0 Å². The van der Waals surface area contributed by atoms with Gasteiger partial charge >= 0.3 is 5.97 Å². The minimum atomic E-state index is -0.627. The Bertz CT molecular complexity index is 380. The van der Waals surface area contributed by atoms with Gasteiger partial charge in [-0.05, 0) is 26.2 Å². The average molecular weight is 239 g/mol. The molecule has 0 amide bonds. The Labute approximate surface area is 99.5 Å². The summed E-state index contributed by atoms with van der Waals surface area (Å²) >= 11 is 1.62. The van der Waals surface area contributed by atoms with Gasteiger partial charge in [-0.1, -0.05) is 19.3 Å². The van der Waals surface area contributed by atoms with E-state index >= 15 is 0 Å². The smallest absolute Gasteiger partial charge is 0.309 e. The van der Waals surface area contributed by atoms with Gasteiger partial charge in [0.1, 0.15) is 0 Å². The third-order valence-corrected chi connectivity index (χ3v) is 4.36. The molecule has 3 nitrogen and oxygen atoms in total. The van der Waals surface area contributed by atoms with Crippen molar-refractivity contribution >= 4 is 17.3 Å². The monoisotopic (exact) mass is 239 g/mol. The Morgan fingerprint density at radius 2 is 2.19 bits per heavy atom. The van der Waals surface area contributed by atoms with Crippen molar-refractivity contribution in [3.8, 4) is 0 Å². The summed E-state index contributed by atoms with van der Waals surface area (Å²) in [5, 5.41) is 10.5. The van der Waals surface area contributed by atoms with E-state index in [2.05, 4.69) is 4.98 Å². The van der Waals surface area contributed by atoms with Crippen LogP contribution in [0, 0.1) is 12.3 Å². The van der Waals surface area contributed by atoms with Gasteiger partial charge < -0.3 is 5.11 Å². The Morgan fingerprint density at radius 1 is 1.50 bits per heavy atom. The molecule has 1 aromatic heterocycles. The Balaban J connectivity index is 2.16. The van der Waals surface area contributed by atoms with E-state index in [1.807, 2.05) is 13.1 Å². The zero-order valence-corrected chi connectivity index (χ0v) is 10.3. The van der Waals surface area contributed by atoms with Gasteiger partial charge in [0.2, 0.25) is 0 Å². The normalized spacial score (nSPS) is 19.6. The molecule has 1 N–H and O–H groups in total. The number of nitrogens with zero attached hydrogens (tertiary/aromatic N) is 1. The van der Waals surface area contributed by atoms with Crippen molar-refractivity contribution in [3.63, 3.8) is 0 Å². The van der Waals surface area contributed by atoms with Crippen LogP contribution >= 0.6 is 11.3 Å². The van der Waals surface area contributed by atoms with Crippen molar-refractivity contribution in [2.45, 2.75) is 45.4 Å². The van der Waals surface area contributed by atoms with Crippen molar-refractivity contribution < 1.29 is 9.90 Å². The number of aliphatic carboxylic acids is 1. The van der Waals surface area contributed by atoms with E-state index in [0.29, 0.717) is 6.42 Å². The standard InChI is InChI=1S/C12H17NO2S/c1-9-13-8-10(16-9)7-12(11(14)15)5-3-2-4-6-12/h8H,2-7H2,1H3,(H,14,15). The van der Waals surface area contributed by atoms with Crippen molar-refractivity contribution in [2.24, 2.45) is 5.41 Å². The predicted molar refractivity (Wildman–Crippen MR) is 63.7 cm³/mol. The molecule has 0 atom stereocenters. The fourth-order valence-electron chi connectivity index (χ4n) is 2.52. The molecule has 0 aromatic carbocycles. The van der Waals surface area contributed by atoms with Gasteiger partial charge in [0.15, 0.2) is 0 Å². The summed E-state index contributed by atoms with van der Waals surface area (Å²) in [6, 6.07) is 0. The number of thiazole rings is 1. The third-order valence-electron chi connectivity index (χ3n) is 3.45. The lowest BCUT2D eigenvalue weighted by molar-refractivity contribution is -0.151. The molecule has 0 aliphatic heterocycles. The van der Waals surface area contributed by atoms with Gasteiger partial charge in [0, 0.05) is 11.1 Å². The molecular weight excluding hydrogens is 222 g/mol. The molecule has 0 saturated heterocycles. The average Bonchev–Trinajstić information content (AvgIpc) is 2.65. The van der Waals surface area contributed by atoms with Crippen LogP contribution in [0.3, 0.4) is 0 Å². The zero-order chi connectivity index (χ0) is 11.6. The molecule has 0 bridgehead atoms. The summed E-state index contributed by atoms with van der Waals surface area (Å²) in [5.41, 5.74) is -0.517. The van der Waals surface area contributed by atoms with Gasteiger partial charge in [0.05, 0.1) is 10.4 Å². The molecule has 1 aliphatic carbocycles. The molecule has 2 rings (SSSR count). The second kappa shape index (κ2) is 4.53. The molecule has 0 spiro atoms. The summed E-state index contributed by atoms with van der Waals surface area (Å²) in [4.78, 5) is 16.8. The van der Waals surface area contributed by atoms with Gasteiger partial charge in [-0.2, -0.15) is 0 Å². The Kier molecular flexibility index (Phi) is 3.28. The largest absolute Gasteiger partial charge is 0.481 e. The lowest BCUT2D eigenvalue weighted by Gasteiger charge is -2.32. The first-order valence-electron chi connectivity index (χ1n) is 5.77. The van der Waals surface area contributed by atoms with Crippen LogP contribution in [0.1, 0.15) is 42.0 Å². The zero-order valence-electron chi connectivity index (χ0n) is 9.53. The topological polar surface area (TPSA) is 50.2 Å². The first-order chi connectivity index (χ1) is 7.62. The Morgan fingerprint density at radius 3 is 2.69 bits per heavy atom. The number of hydrogen-bond donors (Lipinski definition) is 1. The molecule has 1 saturated carbocycles. The van der Waals surface area contributed by atoms with E-state index < -0.39 is 11.4 Å². The number of carboxylic acids is 1.